The van der Waals surface area contributed by atoms with Crippen molar-refractivity contribution in [1.82, 2.24) is 15.2 Å². The number of hydrogen-bond acceptors (Lipinski definition) is 5. The summed E-state index contributed by atoms with van der Waals surface area (Å²) in [6.45, 7) is 6.91. The average molecular weight is 422 g/mol. The summed E-state index contributed by atoms with van der Waals surface area (Å²) in [7, 11) is 0. The van der Waals surface area contributed by atoms with Gasteiger partial charge in [-0.2, -0.15) is 0 Å². The minimum atomic E-state index is -0.0339. The molecule has 30 heavy (non-hydrogen) atoms. The standard InChI is InChI=1S/C24H27N3O2S/c1-17-23(30-18(2)26-17)14-24(28)25-12-13-27-15-20-10-6-7-11-21(20)29-22(16-27)19-8-4-3-5-9-19/h3-11,22H,12-16H2,1-2H3,(H,25,28)/t22-/m0/s1. The first kappa shape index (κ1) is 20.6. The van der Waals surface area contributed by atoms with E-state index in [1.54, 1.807) is 11.3 Å². The lowest BCUT2D eigenvalue weighted by Gasteiger charge is -2.24. The van der Waals surface area contributed by atoms with Gasteiger partial charge >= 0.3 is 0 Å². The van der Waals surface area contributed by atoms with Crippen molar-refractivity contribution in [2.75, 3.05) is 19.6 Å². The van der Waals surface area contributed by atoms with E-state index in [-0.39, 0.29) is 12.0 Å². The molecule has 1 N–H and O–H groups in total. The Morgan fingerprint density at radius 3 is 2.70 bits per heavy atom. The van der Waals surface area contributed by atoms with Gasteiger partial charge in [0.25, 0.3) is 0 Å². The fourth-order valence-electron chi connectivity index (χ4n) is 3.79. The maximum atomic E-state index is 12.4. The summed E-state index contributed by atoms with van der Waals surface area (Å²) >= 11 is 1.60. The minimum absolute atomic E-state index is 0.0339. The van der Waals surface area contributed by atoms with Crippen LogP contribution in [0, 0.1) is 13.8 Å². The smallest absolute Gasteiger partial charge is 0.225 e. The van der Waals surface area contributed by atoms with Crippen molar-refractivity contribution in [3.8, 4) is 5.75 Å². The van der Waals surface area contributed by atoms with Gasteiger partial charge in [-0.15, -0.1) is 11.3 Å². The van der Waals surface area contributed by atoms with Crippen molar-refractivity contribution in [3.63, 3.8) is 0 Å². The molecular weight excluding hydrogens is 394 g/mol. The molecule has 156 valence electrons. The van der Waals surface area contributed by atoms with Crippen molar-refractivity contribution in [3.05, 3.63) is 81.3 Å². The Labute approximate surface area is 181 Å². The Hall–Kier alpha value is -2.70. The van der Waals surface area contributed by atoms with Gasteiger partial charge in [-0.25, -0.2) is 4.98 Å². The van der Waals surface area contributed by atoms with E-state index in [9.17, 15) is 4.79 Å². The maximum Gasteiger partial charge on any atom is 0.225 e. The van der Waals surface area contributed by atoms with Gasteiger partial charge in [0.05, 0.1) is 17.1 Å². The number of hydrogen-bond donors (Lipinski definition) is 1. The highest BCUT2D eigenvalue weighted by Gasteiger charge is 2.24. The molecule has 0 spiro atoms. The summed E-state index contributed by atoms with van der Waals surface area (Å²) in [4.78, 5) is 20.2. The molecule has 0 saturated heterocycles. The highest BCUT2D eigenvalue weighted by molar-refractivity contribution is 7.11. The molecule has 1 aliphatic rings. The summed E-state index contributed by atoms with van der Waals surface area (Å²) in [5, 5.41) is 4.08. The number of aromatic nitrogens is 1. The van der Waals surface area contributed by atoms with Crippen molar-refractivity contribution in [1.29, 1.82) is 0 Å². The van der Waals surface area contributed by atoms with Crippen molar-refractivity contribution in [2.24, 2.45) is 0 Å². The number of ether oxygens (including phenoxy) is 1. The Morgan fingerprint density at radius 1 is 1.17 bits per heavy atom. The Morgan fingerprint density at radius 2 is 1.93 bits per heavy atom. The first-order valence-corrected chi connectivity index (χ1v) is 11.1. The maximum absolute atomic E-state index is 12.4. The number of benzene rings is 2. The number of nitrogens with zero attached hydrogens (tertiary/aromatic N) is 2. The normalized spacial score (nSPS) is 16.4. The van der Waals surface area contributed by atoms with Crippen molar-refractivity contribution >= 4 is 17.2 Å². The largest absolute Gasteiger partial charge is 0.484 e. The van der Waals surface area contributed by atoms with E-state index in [2.05, 4.69) is 33.4 Å². The number of para-hydroxylation sites is 1. The monoisotopic (exact) mass is 421 g/mol. The number of thiazole rings is 1. The van der Waals surface area contributed by atoms with Crippen LogP contribution in [0.5, 0.6) is 5.75 Å². The molecule has 2 aromatic carbocycles. The van der Waals surface area contributed by atoms with E-state index in [0.717, 1.165) is 41.0 Å². The molecule has 0 aliphatic carbocycles. The molecule has 0 fully saturated rings. The van der Waals surface area contributed by atoms with Crippen molar-refractivity contribution in [2.45, 2.75) is 32.9 Å². The van der Waals surface area contributed by atoms with Gasteiger partial charge in [0.2, 0.25) is 5.91 Å². The minimum Gasteiger partial charge on any atom is -0.484 e. The molecule has 6 heteroatoms. The van der Waals surface area contributed by atoms with Crippen LogP contribution in [0.2, 0.25) is 0 Å². The second kappa shape index (κ2) is 9.41. The van der Waals surface area contributed by atoms with Gasteiger partial charge in [-0.3, -0.25) is 9.69 Å². The average Bonchev–Trinajstić information content (AvgIpc) is 2.95. The first-order valence-electron chi connectivity index (χ1n) is 10.3. The van der Waals surface area contributed by atoms with Gasteiger partial charge in [-0.1, -0.05) is 48.5 Å². The molecule has 1 atom stereocenters. The van der Waals surface area contributed by atoms with Crippen LogP contribution in [0.25, 0.3) is 0 Å². The molecule has 5 nitrogen and oxygen atoms in total. The lowest BCUT2D eigenvalue weighted by Crippen LogP contribution is -2.37. The second-order valence-electron chi connectivity index (χ2n) is 7.63. The van der Waals surface area contributed by atoms with Crippen LogP contribution in [0.4, 0.5) is 0 Å². The first-order chi connectivity index (χ1) is 14.6. The van der Waals surface area contributed by atoms with Crippen LogP contribution in [0.3, 0.4) is 0 Å². The molecule has 3 aromatic rings. The summed E-state index contributed by atoms with van der Waals surface area (Å²) < 4.78 is 6.36. The van der Waals surface area contributed by atoms with E-state index >= 15 is 0 Å². The number of fused-ring (bicyclic) bond motifs is 1. The predicted molar refractivity (Wildman–Crippen MR) is 120 cm³/mol. The van der Waals surface area contributed by atoms with E-state index in [1.807, 2.05) is 50.2 Å². The highest BCUT2D eigenvalue weighted by atomic mass is 32.1. The lowest BCUT2D eigenvalue weighted by molar-refractivity contribution is -0.120. The molecular formula is C24H27N3O2S. The summed E-state index contributed by atoms with van der Waals surface area (Å²) in [6, 6.07) is 18.5. The third kappa shape index (κ3) is 5.07. The molecule has 0 saturated carbocycles. The number of rotatable bonds is 6. The fraction of sp³-hybridized carbons (Fsp3) is 0.333. The summed E-state index contributed by atoms with van der Waals surface area (Å²) in [6.07, 6.45) is 0.365. The SMILES string of the molecule is Cc1nc(C)c(CC(=O)NCCN2Cc3ccccc3O[C@H](c3ccccc3)C2)s1. The van der Waals surface area contributed by atoms with Crippen LogP contribution >= 0.6 is 11.3 Å². The van der Waals surface area contributed by atoms with Gasteiger partial charge < -0.3 is 10.1 Å². The Bertz CT molecular complexity index is 1000. The fourth-order valence-corrected chi connectivity index (χ4v) is 4.73. The summed E-state index contributed by atoms with van der Waals surface area (Å²) in [5.41, 5.74) is 3.30. The predicted octanol–water partition coefficient (Wildman–Crippen LogP) is 4.05. The van der Waals surface area contributed by atoms with E-state index in [0.29, 0.717) is 13.0 Å². The molecule has 0 bridgehead atoms. The van der Waals surface area contributed by atoms with E-state index in [1.165, 1.54) is 11.1 Å². The van der Waals surface area contributed by atoms with E-state index < -0.39 is 0 Å². The van der Waals surface area contributed by atoms with Crippen LogP contribution in [-0.4, -0.2) is 35.4 Å². The van der Waals surface area contributed by atoms with Crippen LogP contribution in [-0.2, 0) is 17.8 Å². The number of carbonyl (C=O) groups is 1. The molecule has 0 radical (unpaired) electrons. The molecule has 1 amide bonds. The third-order valence-corrected chi connectivity index (χ3v) is 6.37. The molecule has 1 aromatic heterocycles. The molecule has 4 rings (SSSR count). The highest BCUT2D eigenvalue weighted by Crippen LogP contribution is 2.30. The van der Waals surface area contributed by atoms with Crippen LogP contribution in [0.1, 0.15) is 32.8 Å². The van der Waals surface area contributed by atoms with Crippen LogP contribution in [0.15, 0.2) is 54.6 Å². The van der Waals surface area contributed by atoms with Gasteiger partial charge in [-0.05, 0) is 25.5 Å². The molecule has 1 aliphatic heterocycles. The Balaban J connectivity index is 1.39. The zero-order valence-corrected chi connectivity index (χ0v) is 18.2. The molecule has 2 heterocycles. The van der Waals surface area contributed by atoms with Gasteiger partial charge in [0, 0.05) is 36.6 Å². The topological polar surface area (TPSA) is 54.5 Å². The van der Waals surface area contributed by atoms with Gasteiger partial charge in [0.15, 0.2) is 0 Å². The zero-order chi connectivity index (χ0) is 20.9. The number of amides is 1. The molecule has 0 unspecified atom stereocenters. The number of carbonyl (C=O) groups excluding carboxylic acids is 1. The zero-order valence-electron chi connectivity index (χ0n) is 17.4. The quantitative estimate of drug-likeness (QED) is 0.652. The van der Waals surface area contributed by atoms with Crippen molar-refractivity contribution < 1.29 is 9.53 Å². The van der Waals surface area contributed by atoms with Gasteiger partial charge in [0.1, 0.15) is 11.9 Å². The Kier molecular flexibility index (Phi) is 6.45. The summed E-state index contributed by atoms with van der Waals surface area (Å²) in [5.74, 6) is 0.988. The number of nitrogens with one attached hydrogen (secondary N) is 1. The third-order valence-electron chi connectivity index (χ3n) is 5.30. The lowest BCUT2D eigenvalue weighted by atomic mass is 10.1. The second-order valence-corrected chi connectivity index (χ2v) is 8.92. The number of aryl methyl sites for hydroxylation is 2. The van der Waals surface area contributed by atoms with E-state index in [4.69, 9.17) is 4.74 Å². The van der Waals surface area contributed by atoms with Crippen LogP contribution < -0.4 is 10.1 Å².